The van der Waals surface area contributed by atoms with E-state index in [1.54, 1.807) is 12.2 Å². The van der Waals surface area contributed by atoms with Gasteiger partial charge in [0, 0.05) is 12.1 Å². The quantitative estimate of drug-likeness (QED) is 0.533. The maximum atomic E-state index is 12.5. The third kappa shape index (κ3) is 1.43. The van der Waals surface area contributed by atoms with Crippen LogP contribution in [0.1, 0.15) is 6.42 Å². The van der Waals surface area contributed by atoms with Gasteiger partial charge in [-0.15, -0.1) is 0 Å². The van der Waals surface area contributed by atoms with Gasteiger partial charge in [-0.3, -0.25) is 4.79 Å². The molecule has 0 aromatic rings. The molecule has 0 aromatic carbocycles. The number of allylic oxidation sites excluding steroid dienone is 2. The fraction of sp³-hybridized carbons (Fsp3) is 0.286. The van der Waals surface area contributed by atoms with Crippen molar-refractivity contribution in [3.05, 3.63) is 24.4 Å². The minimum Gasteiger partial charge on any atom is -0.324 e. The molecule has 0 radical (unpaired) electrons. The van der Waals surface area contributed by atoms with Gasteiger partial charge in [-0.05, 0) is 6.08 Å². The summed E-state index contributed by atoms with van der Waals surface area (Å²) in [6.07, 6.45) is 1.91. The summed E-state index contributed by atoms with van der Waals surface area (Å²) in [7, 11) is 0. The molecule has 1 heterocycles. The average Bonchev–Trinajstić information content (AvgIpc) is 1.96. The Bertz CT molecular complexity index is 198. The molecule has 1 aliphatic heterocycles. The zero-order chi connectivity index (χ0) is 7.56. The van der Waals surface area contributed by atoms with Crippen LogP contribution < -0.4 is 5.32 Å². The summed E-state index contributed by atoms with van der Waals surface area (Å²) in [4.78, 5) is 10.6. The molecule has 10 heavy (non-hydrogen) atoms. The second kappa shape index (κ2) is 2.64. The Balaban J connectivity index is 2.69. The number of rotatable bonds is 0. The van der Waals surface area contributed by atoms with Gasteiger partial charge < -0.3 is 5.32 Å². The number of carbonyl (C=O) groups excluding carboxylic acids is 1. The van der Waals surface area contributed by atoms with Crippen LogP contribution in [0.2, 0.25) is 0 Å². The molecule has 3 heteroatoms. The topological polar surface area (TPSA) is 29.1 Å². The van der Waals surface area contributed by atoms with Crippen LogP contribution in [0.4, 0.5) is 4.39 Å². The average molecular weight is 141 g/mol. The van der Waals surface area contributed by atoms with E-state index < -0.39 is 12.1 Å². The van der Waals surface area contributed by atoms with Crippen LogP contribution in [0, 0.1) is 0 Å². The molecule has 0 fully saturated rings. The Labute approximate surface area is 58.4 Å². The van der Waals surface area contributed by atoms with Crippen LogP contribution in [0.15, 0.2) is 24.4 Å². The summed E-state index contributed by atoms with van der Waals surface area (Å²) >= 11 is 0. The number of hydrogen-bond donors (Lipinski definition) is 1. The van der Waals surface area contributed by atoms with Crippen molar-refractivity contribution in [2.24, 2.45) is 0 Å². The van der Waals surface area contributed by atoms with E-state index in [2.05, 4.69) is 11.9 Å². The van der Waals surface area contributed by atoms with Crippen LogP contribution in [0.25, 0.3) is 0 Å². The van der Waals surface area contributed by atoms with Crippen LogP contribution in [-0.4, -0.2) is 12.1 Å². The second-order valence-electron chi connectivity index (χ2n) is 2.12. The molecule has 0 saturated heterocycles. The van der Waals surface area contributed by atoms with Crippen molar-refractivity contribution in [1.82, 2.24) is 5.32 Å². The molecular formula is C7H8FNO. The molecule has 1 N–H and O–H groups in total. The molecule has 1 atom stereocenters. The van der Waals surface area contributed by atoms with E-state index >= 15 is 0 Å². The molecule has 1 aliphatic rings. The van der Waals surface area contributed by atoms with Gasteiger partial charge in [0.05, 0.1) is 0 Å². The van der Waals surface area contributed by atoms with E-state index in [0.717, 1.165) is 0 Å². The number of hydrogen-bond acceptors (Lipinski definition) is 1. The normalized spacial score (nSPS) is 25.9. The second-order valence-corrected chi connectivity index (χ2v) is 2.12. The van der Waals surface area contributed by atoms with Crippen LogP contribution in [0.3, 0.4) is 0 Å². The third-order valence-electron chi connectivity index (χ3n) is 1.23. The Morgan fingerprint density at radius 1 is 1.80 bits per heavy atom. The highest BCUT2D eigenvalue weighted by Crippen LogP contribution is 2.05. The fourth-order valence-corrected chi connectivity index (χ4v) is 0.715. The molecule has 0 saturated carbocycles. The molecule has 0 spiro atoms. The Morgan fingerprint density at radius 2 is 2.50 bits per heavy atom. The lowest BCUT2D eigenvalue weighted by atomic mass is 10.3. The summed E-state index contributed by atoms with van der Waals surface area (Å²) in [6.45, 7) is 3.47. The van der Waals surface area contributed by atoms with Crippen LogP contribution >= 0.6 is 0 Å². The monoisotopic (exact) mass is 141 g/mol. The molecule has 2 nitrogen and oxygen atoms in total. The largest absolute Gasteiger partial charge is 0.324 e. The third-order valence-corrected chi connectivity index (χ3v) is 1.23. The number of carbonyl (C=O) groups is 1. The zero-order valence-corrected chi connectivity index (χ0v) is 5.43. The molecular weight excluding hydrogens is 133 g/mol. The van der Waals surface area contributed by atoms with Crippen molar-refractivity contribution < 1.29 is 9.18 Å². The van der Waals surface area contributed by atoms with Gasteiger partial charge in [0.2, 0.25) is 0 Å². The number of alkyl halides is 1. The van der Waals surface area contributed by atoms with Crippen molar-refractivity contribution in [2.45, 2.75) is 12.6 Å². The first-order chi connectivity index (χ1) is 4.70. The highest BCUT2D eigenvalue weighted by atomic mass is 19.1. The summed E-state index contributed by atoms with van der Waals surface area (Å²) in [6, 6.07) is 0. The Morgan fingerprint density at radius 3 is 3.20 bits per heavy atom. The SMILES string of the molecule is C=C1C=CCC(F)C(=O)N1. The van der Waals surface area contributed by atoms with Gasteiger partial charge >= 0.3 is 0 Å². The number of halogens is 1. The van der Waals surface area contributed by atoms with Crippen molar-refractivity contribution >= 4 is 5.91 Å². The predicted molar refractivity (Wildman–Crippen MR) is 35.9 cm³/mol. The molecule has 1 amide bonds. The van der Waals surface area contributed by atoms with Crippen LogP contribution in [0.5, 0.6) is 0 Å². The molecule has 1 rings (SSSR count). The highest BCUT2D eigenvalue weighted by Gasteiger charge is 2.17. The van der Waals surface area contributed by atoms with E-state index in [0.29, 0.717) is 5.70 Å². The summed E-state index contributed by atoms with van der Waals surface area (Å²) in [5.41, 5.74) is 0.449. The van der Waals surface area contributed by atoms with Gasteiger partial charge in [-0.2, -0.15) is 0 Å². The van der Waals surface area contributed by atoms with E-state index in [9.17, 15) is 9.18 Å². The smallest absolute Gasteiger partial charge is 0.259 e. The minimum absolute atomic E-state index is 0.144. The summed E-state index contributed by atoms with van der Waals surface area (Å²) < 4.78 is 12.5. The maximum Gasteiger partial charge on any atom is 0.259 e. The Hall–Kier alpha value is -1.12. The first kappa shape index (κ1) is 6.99. The van der Waals surface area contributed by atoms with E-state index in [1.807, 2.05) is 0 Å². The highest BCUT2D eigenvalue weighted by molar-refractivity contribution is 5.83. The zero-order valence-electron chi connectivity index (χ0n) is 5.43. The first-order valence-corrected chi connectivity index (χ1v) is 3.00. The Kier molecular flexibility index (Phi) is 1.85. The van der Waals surface area contributed by atoms with Gasteiger partial charge in [-0.25, -0.2) is 4.39 Å². The van der Waals surface area contributed by atoms with Crippen molar-refractivity contribution in [3.63, 3.8) is 0 Å². The van der Waals surface area contributed by atoms with E-state index in [4.69, 9.17) is 0 Å². The van der Waals surface area contributed by atoms with Gasteiger partial charge in [-0.1, -0.05) is 12.7 Å². The first-order valence-electron chi connectivity index (χ1n) is 3.00. The van der Waals surface area contributed by atoms with Gasteiger partial charge in [0.25, 0.3) is 5.91 Å². The van der Waals surface area contributed by atoms with Gasteiger partial charge in [0.1, 0.15) is 0 Å². The van der Waals surface area contributed by atoms with E-state index in [-0.39, 0.29) is 6.42 Å². The summed E-state index contributed by atoms with van der Waals surface area (Å²) in [5, 5.41) is 2.30. The van der Waals surface area contributed by atoms with E-state index in [1.165, 1.54) is 0 Å². The fourth-order valence-electron chi connectivity index (χ4n) is 0.715. The number of nitrogens with one attached hydrogen (secondary N) is 1. The lowest BCUT2D eigenvalue weighted by molar-refractivity contribution is -0.124. The molecule has 0 bridgehead atoms. The van der Waals surface area contributed by atoms with Crippen molar-refractivity contribution in [1.29, 1.82) is 0 Å². The molecule has 0 aliphatic carbocycles. The lowest BCUT2D eigenvalue weighted by Gasteiger charge is -2.02. The standard InChI is InChI=1S/C7H8FNO/c1-5-3-2-4-6(8)7(10)9-5/h2-3,6H,1,4H2,(H,9,10). The summed E-state index contributed by atoms with van der Waals surface area (Å²) in [5.74, 6) is -0.602. The molecule has 54 valence electrons. The lowest BCUT2D eigenvalue weighted by Crippen LogP contribution is -2.28. The molecule has 0 aromatic heterocycles. The molecule has 1 unspecified atom stereocenters. The van der Waals surface area contributed by atoms with Crippen LogP contribution in [-0.2, 0) is 4.79 Å². The van der Waals surface area contributed by atoms with Gasteiger partial charge in [0.15, 0.2) is 6.17 Å². The van der Waals surface area contributed by atoms with Crippen molar-refractivity contribution in [2.75, 3.05) is 0 Å². The van der Waals surface area contributed by atoms with Crippen molar-refractivity contribution in [3.8, 4) is 0 Å². The predicted octanol–water partition coefficient (Wildman–Crippen LogP) is 0.914. The number of amides is 1. The minimum atomic E-state index is -1.42. The maximum absolute atomic E-state index is 12.5.